The highest BCUT2D eigenvalue weighted by Gasteiger charge is 2.23. The van der Waals surface area contributed by atoms with E-state index in [9.17, 15) is 14.4 Å². The molecule has 1 amide bonds. The molecule has 1 aliphatic rings. The molecular formula is C11H13N3O4S. The zero-order valence-electron chi connectivity index (χ0n) is 10.6. The molecule has 0 aliphatic carbocycles. The van der Waals surface area contributed by atoms with E-state index < -0.39 is 11.9 Å². The van der Waals surface area contributed by atoms with Gasteiger partial charge in [-0.3, -0.25) is 19.0 Å². The summed E-state index contributed by atoms with van der Waals surface area (Å²) < 4.78 is 5.95. The molecule has 2 heterocycles. The molecule has 8 heteroatoms. The van der Waals surface area contributed by atoms with Crippen LogP contribution < -0.4 is 5.56 Å². The monoisotopic (exact) mass is 283 g/mol. The Labute approximate surface area is 113 Å². The van der Waals surface area contributed by atoms with E-state index in [0.29, 0.717) is 11.7 Å². The van der Waals surface area contributed by atoms with Crippen LogP contribution in [0.15, 0.2) is 16.1 Å². The molecule has 0 bridgehead atoms. The lowest BCUT2D eigenvalue weighted by atomic mass is 10.3. The lowest BCUT2D eigenvalue weighted by molar-refractivity contribution is -0.141. The second kappa shape index (κ2) is 5.43. The Morgan fingerprint density at radius 3 is 3.00 bits per heavy atom. The lowest BCUT2D eigenvalue weighted by Gasteiger charge is -2.15. The summed E-state index contributed by atoms with van der Waals surface area (Å²) in [6, 6.07) is 0. The quantitative estimate of drug-likeness (QED) is 0.554. The minimum atomic E-state index is -0.541. The van der Waals surface area contributed by atoms with Crippen molar-refractivity contribution in [3.63, 3.8) is 0 Å². The second-order valence-electron chi connectivity index (χ2n) is 4.00. The van der Waals surface area contributed by atoms with Gasteiger partial charge < -0.3 is 9.64 Å². The number of amides is 1. The average Bonchev–Trinajstić information content (AvgIpc) is 2.87. The SMILES string of the molecule is COC(=O)CN(C)C(=O)c1cnc2n(c1=O)CCS2. The Balaban J connectivity index is 2.25. The number of likely N-dealkylation sites (N-methyl/N-ethyl adjacent to an activating group) is 1. The third kappa shape index (κ3) is 2.62. The highest BCUT2D eigenvalue weighted by atomic mass is 32.2. The first-order valence-electron chi connectivity index (χ1n) is 5.59. The first-order chi connectivity index (χ1) is 9.04. The molecule has 19 heavy (non-hydrogen) atoms. The van der Waals surface area contributed by atoms with Gasteiger partial charge in [0.2, 0.25) is 0 Å². The van der Waals surface area contributed by atoms with E-state index in [4.69, 9.17) is 0 Å². The number of methoxy groups -OCH3 is 1. The van der Waals surface area contributed by atoms with Gasteiger partial charge in [-0.25, -0.2) is 4.98 Å². The number of hydrogen-bond acceptors (Lipinski definition) is 6. The number of ether oxygens (including phenoxy) is 1. The van der Waals surface area contributed by atoms with E-state index in [1.54, 1.807) is 0 Å². The summed E-state index contributed by atoms with van der Waals surface area (Å²) in [6.07, 6.45) is 1.27. The maximum absolute atomic E-state index is 12.1. The van der Waals surface area contributed by atoms with Crippen LogP contribution in [0.3, 0.4) is 0 Å². The van der Waals surface area contributed by atoms with Gasteiger partial charge in [0.05, 0.1) is 7.11 Å². The van der Waals surface area contributed by atoms with Crippen molar-refractivity contribution < 1.29 is 14.3 Å². The zero-order chi connectivity index (χ0) is 14.0. The minimum Gasteiger partial charge on any atom is -0.468 e. The number of carbonyl (C=O) groups is 2. The van der Waals surface area contributed by atoms with Gasteiger partial charge in [0.1, 0.15) is 12.1 Å². The van der Waals surface area contributed by atoms with Crippen LogP contribution in [-0.2, 0) is 16.1 Å². The van der Waals surface area contributed by atoms with Crippen LogP contribution in [0.5, 0.6) is 0 Å². The number of nitrogens with zero attached hydrogens (tertiary/aromatic N) is 3. The van der Waals surface area contributed by atoms with Gasteiger partial charge in [-0.2, -0.15) is 0 Å². The van der Waals surface area contributed by atoms with Crippen LogP contribution in [0.25, 0.3) is 0 Å². The van der Waals surface area contributed by atoms with Crippen molar-refractivity contribution in [2.45, 2.75) is 11.7 Å². The molecule has 0 spiro atoms. The largest absolute Gasteiger partial charge is 0.468 e. The highest BCUT2D eigenvalue weighted by molar-refractivity contribution is 7.99. The van der Waals surface area contributed by atoms with Crippen molar-refractivity contribution in [1.29, 1.82) is 0 Å². The Kier molecular flexibility index (Phi) is 3.89. The molecule has 7 nitrogen and oxygen atoms in total. The number of thioether (sulfide) groups is 1. The van der Waals surface area contributed by atoms with Crippen LogP contribution in [0, 0.1) is 0 Å². The van der Waals surface area contributed by atoms with E-state index in [-0.39, 0.29) is 17.7 Å². The molecule has 0 N–H and O–H groups in total. The highest BCUT2D eigenvalue weighted by Crippen LogP contribution is 2.20. The maximum Gasteiger partial charge on any atom is 0.325 e. The average molecular weight is 283 g/mol. The summed E-state index contributed by atoms with van der Waals surface area (Å²) in [5, 5.41) is 0.622. The van der Waals surface area contributed by atoms with E-state index in [0.717, 1.165) is 10.7 Å². The molecule has 2 rings (SSSR count). The van der Waals surface area contributed by atoms with Crippen LogP contribution in [0.1, 0.15) is 10.4 Å². The van der Waals surface area contributed by atoms with E-state index >= 15 is 0 Å². The molecule has 0 aromatic carbocycles. The molecule has 1 aliphatic heterocycles. The third-order valence-corrected chi connectivity index (χ3v) is 3.70. The number of carbonyl (C=O) groups excluding carboxylic acids is 2. The molecule has 1 aromatic heterocycles. The van der Waals surface area contributed by atoms with Crippen molar-refractivity contribution in [1.82, 2.24) is 14.5 Å². The van der Waals surface area contributed by atoms with Crippen molar-refractivity contribution in [2.75, 3.05) is 26.5 Å². The van der Waals surface area contributed by atoms with Crippen molar-refractivity contribution >= 4 is 23.6 Å². The predicted octanol–water partition coefficient (Wildman–Crippen LogP) is -0.406. The number of hydrogen-bond donors (Lipinski definition) is 0. The Bertz CT molecular complexity index is 584. The van der Waals surface area contributed by atoms with Crippen LogP contribution in [-0.4, -0.2) is 52.8 Å². The summed E-state index contributed by atoms with van der Waals surface area (Å²) in [5.41, 5.74) is -0.394. The fourth-order valence-electron chi connectivity index (χ4n) is 1.70. The van der Waals surface area contributed by atoms with Crippen LogP contribution >= 0.6 is 11.8 Å². The molecule has 0 fully saturated rings. The normalized spacial score (nSPS) is 12.9. The van der Waals surface area contributed by atoms with Crippen LogP contribution in [0.4, 0.5) is 0 Å². The number of esters is 1. The fourth-order valence-corrected chi connectivity index (χ4v) is 2.61. The molecule has 0 saturated carbocycles. The van der Waals surface area contributed by atoms with E-state index in [1.165, 1.54) is 36.7 Å². The van der Waals surface area contributed by atoms with Crippen molar-refractivity contribution in [3.8, 4) is 0 Å². The Morgan fingerprint density at radius 2 is 2.32 bits per heavy atom. The van der Waals surface area contributed by atoms with Gasteiger partial charge in [0, 0.05) is 25.5 Å². The van der Waals surface area contributed by atoms with Gasteiger partial charge in [-0.1, -0.05) is 11.8 Å². The summed E-state index contributed by atoms with van der Waals surface area (Å²) in [4.78, 5) is 40.5. The van der Waals surface area contributed by atoms with E-state index in [1.807, 2.05) is 0 Å². The predicted molar refractivity (Wildman–Crippen MR) is 68.2 cm³/mol. The fraction of sp³-hybridized carbons (Fsp3) is 0.455. The third-order valence-electron chi connectivity index (χ3n) is 2.73. The molecule has 1 aromatic rings. The molecule has 0 saturated heterocycles. The van der Waals surface area contributed by atoms with E-state index in [2.05, 4.69) is 9.72 Å². The number of fused-ring (bicyclic) bond motifs is 1. The standard InChI is InChI=1S/C11H13N3O4S/c1-13(6-8(15)18-2)9(16)7-5-12-11-14(10(7)17)3-4-19-11/h5H,3-4,6H2,1-2H3. The summed E-state index contributed by atoms with van der Waals surface area (Å²) in [7, 11) is 2.68. The first-order valence-corrected chi connectivity index (χ1v) is 6.58. The molecule has 0 radical (unpaired) electrons. The zero-order valence-corrected chi connectivity index (χ0v) is 11.4. The number of rotatable bonds is 3. The minimum absolute atomic E-state index is 0.0300. The topological polar surface area (TPSA) is 81.5 Å². The molecular weight excluding hydrogens is 270 g/mol. The Hall–Kier alpha value is -1.83. The van der Waals surface area contributed by atoms with Crippen LogP contribution in [0.2, 0.25) is 0 Å². The molecule has 0 unspecified atom stereocenters. The van der Waals surface area contributed by atoms with Gasteiger partial charge >= 0.3 is 5.97 Å². The van der Waals surface area contributed by atoms with Gasteiger partial charge in [0.15, 0.2) is 5.16 Å². The summed E-state index contributed by atoms with van der Waals surface area (Å²) in [6.45, 7) is 0.346. The van der Waals surface area contributed by atoms with Gasteiger partial charge in [0.25, 0.3) is 11.5 Å². The van der Waals surface area contributed by atoms with Gasteiger partial charge in [-0.15, -0.1) is 0 Å². The second-order valence-corrected chi connectivity index (χ2v) is 5.06. The summed E-state index contributed by atoms with van der Waals surface area (Å²) >= 11 is 1.48. The summed E-state index contributed by atoms with van der Waals surface area (Å²) in [5.74, 6) is -0.298. The molecule has 102 valence electrons. The smallest absolute Gasteiger partial charge is 0.325 e. The van der Waals surface area contributed by atoms with Crippen molar-refractivity contribution in [2.24, 2.45) is 0 Å². The molecule has 0 atom stereocenters. The first kappa shape index (κ1) is 13.6. The number of aromatic nitrogens is 2. The van der Waals surface area contributed by atoms with Gasteiger partial charge in [-0.05, 0) is 0 Å². The Morgan fingerprint density at radius 1 is 1.58 bits per heavy atom. The maximum atomic E-state index is 12.1. The lowest BCUT2D eigenvalue weighted by Crippen LogP contribution is -2.37. The van der Waals surface area contributed by atoms with Crippen molar-refractivity contribution in [3.05, 3.63) is 22.1 Å².